The van der Waals surface area contributed by atoms with E-state index in [-0.39, 0.29) is 5.91 Å². The summed E-state index contributed by atoms with van der Waals surface area (Å²) in [4.78, 5) is 25.0. The van der Waals surface area contributed by atoms with Gasteiger partial charge in [0.1, 0.15) is 6.04 Å². The Kier molecular flexibility index (Phi) is 6.51. The minimum atomic E-state index is -0.967. The molecule has 2 rings (SSSR count). The molecule has 0 fully saturated rings. The molecule has 0 aliphatic carbocycles. The number of primary amides is 1. The number of hydrogen-bond donors (Lipinski definition) is 2. The molecule has 1 atom stereocenters. The Balaban J connectivity index is 2.35. The molecular weight excluding hydrogens is 326 g/mol. The number of hydrogen-bond acceptors (Lipinski definition) is 3. The lowest BCUT2D eigenvalue weighted by Crippen LogP contribution is -2.51. The Hall–Kier alpha value is -3.13. The van der Waals surface area contributed by atoms with Gasteiger partial charge in [-0.15, -0.1) is 0 Å². The smallest absolute Gasteiger partial charge is 0.240 e. The van der Waals surface area contributed by atoms with Crippen molar-refractivity contribution in [1.29, 1.82) is 5.26 Å². The lowest BCUT2D eigenvalue weighted by molar-refractivity contribution is -0.130. The number of rotatable bonds is 8. The summed E-state index contributed by atoms with van der Waals surface area (Å²) in [5, 5.41) is 11.5. The van der Waals surface area contributed by atoms with E-state index in [9.17, 15) is 9.59 Å². The Morgan fingerprint density at radius 3 is 2.00 bits per heavy atom. The summed E-state index contributed by atoms with van der Waals surface area (Å²) >= 11 is 0. The largest absolute Gasteiger partial charge is 0.368 e. The van der Waals surface area contributed by atoms with Crippen molar-refractivity contribution >= 4 is 11.8 Å². The maximum absolute atomic E-state index is 13.2. The summed E-state index contributed by atoms with van der Waals surface area (Å²) in [6.45, 7) is 1.83. The average molecular weight is 349 g/mol. The minimum Gasteiger partial charge on any atom is -0.368 e. The molecule has 0 unspecified atom stereocenters. The molecule has 2 amide bonds. The van der Waals surface area contributed by atoms with Crippen molar-refractivity contribution in [2.45, 2.75) is 37.6 Å². The van der Waals surface area contributed by atoms with Crippen molar-refractivity contribution in [1.82, 2.24) is 5.32 Å². The average Bonchev–Trinajstić information content (AvgIpc) is 2.67. The van der Waals surface area contributed by atoms with Crippen LogP contribution in [0.4, 0.5) is 0 Å². The van der Waals surface area contributed by atoms with Crippen LogP contribution >= 0.6 is 0 Å². The number of nitrogens with two attached hydrogens (primary N) is 1. The topological polar surface area (TPSA) is 96.0 Å². The lowest BCUT2D eigenvalue weighted by Gasteiger charge is -2.31. The molecule has 0 saturated heterocycles. The molecule has 0 bridgehead atoms. The molecule has 2 aromatic rings. The van der Waals surface area contributed by atoms with Crippen LogP contribution in [0.2, 0.25) is 0 Å². The van der Waals surface area contributed by atoms with E-state index in [0.29, 0.717) is 19.3 Å². The predicted octanol–water partition coefficient (Wildman–Crippen LogP) is 2.66. The first kappa shape index (κ1) is 19.2. The summed E-state index contributed by atoms with van der Waals surface area (Å²) in [6.07, 6.45) is 1.15. The van der Waals surface area contributed by atoms with Gasteiger partial charge in [-0.1, -0.05) is 60.7 Å². The summed E-state index contributed by atoms with van der Waals surface area (Å²) in [6, 6.07) is 20.1. The maximum atomic E-state index is 13.2. The zero-order chi connectivity index (χ0) is 19.0. The fraction of sp³-hybridized carbons (Fsp3) is 0.286. The van der Waals surface area contributed by atoms with Gasteiger partial charge in [-0.3, -0.25) is 9.59 Å². The number of carbonyl (C=O) groups excluding carboxylic acids is 2. The molecule has 2 aromatic carbocycles. The Bertz CT molecular complexity index is 742. The van der Waals surface area contributed by atoms with Crippen LogP contribution in [0.25, 0.3) is 0 Å². The van der Waals surface area contributed by atoms with Crippen LogP contribution in [0, 0.1) is 11.3 Å². The van der Waals surface area contributed by atoms with E-state index in [1.807, 2.05) is 73.7 Å². The monoisotopic (exact) mass is 349 g/mol. The third-order valence-electron chi connectivity index (χ3n) is 4.59. The van der Waals surface area contributed by atoms with E-state index >= 15 is 0 Å². The zero-order valence-corrected chi connectivity index (χ0v) is 14.8. The lowest BCUT2D eigenvalue weighted by atomic mass is 9.75. The highest BCUT2D eigenvalue weighted by Crippen LogP contribution is 2.32. The number of nitrogens with zero attached hydrogens (tertiary/aromatic N) is 1. The fourth-order valence-electron chi connectivity index (χ4n) is 2.95. The highest BCUT2D eigenvalue weighted by atomic mass is 16.2. The van der Waals surface area contributed by atoms with Gasteiger partial charge in [0, 0.05) is 6.42 Å². The van der Waals surface area contributed by atoms with Crippen LogP contribution in [0.5, 0.6) is 0 Å². The van der Waals surface area contributed by atoms with Gasteiger partial charge in [0.25, 0.3) is 0 Å². The summed E-state index contributed by atoms with van der Waals surface area (Å²) in [7, 11) is 0. The molecule has 0 aliphatic rings. The molecule has 0 aliphatic heterocycles. The quantitative estimate of drug-likeness (QED) is 0.717. The zero-order valence-electron chi connectivity index (χ0n) is 14.8. The highest BCUT2D eigenvalue weighted by Gasteiger charge is 2.38. The van der Waals surface area contributed by atoms with E-state index in [0.717, 1.165) is 11.1 Å². The molecule has 3 N–H and O–H groups in total. The SMILES string of the molecule is CC(C(=O)N[C@@H](CCCC#N)C(N)=O)(c1ccccc1)c1ccccc1. The van der Waals surface area contributed by atoms with E-state index in [1.54, 1.807) is 0 Å². The highest BCUT2D eigenvalue weighted by molar-refractivity contribution is 5.95. The number of nitriles is 1. The minimum absolute atomic E-state index is 0.296. The first-order chi connectivity index (χ1) is 12.5. The number of benzene rings is 2. The molecule has 5 heteroatoms. The predicted molar refractivity (Wildman–Crippen MR) is 99.9 cm³/mol. The van der Waals surface area contributed by atoms with Gasteiger partial charge >= 0.3 is 0 Å². The van der Waals surface area contributed by atoms with Crippen molar-refractivity contribution in [2.24, 2.45) is 5.73 Å². The molecule has 0 saturated carbocycles. The maximum Gasteiger partial charge on any atom is 0.240 e. The van der Waals surface area contributed by atoms with Gasteiger partial charge in [-0.2, -0.15) is 5.26 Å². The second kappa shape index (κ2) is 8.82. The van der Waals surface area contributed by atoms with Crippen molar-refractivity contribution in [3.05, 3.63) is 71.8 Å². The van der Waals surface area contributed by atoms with Crippen LogP contribution in [0.15, 0.2) is 60.7 Å². The van der Waals surface area contributed by atoms with Gasteiger partial charge in [0.15, 0.2) is 0 Å². The van der Waals surface area contributed by atoms with E-state index in [1.165, 1.54) is 0 Å². The fourth-order valence-corrected chi connectivity index (χ4v) is 2.95. The third kappa shape index (κ3) is 4.28. The second-order valence-corrected chi connectivity index (χ2v) is 6.34. The van der Waals surface area contributed by atoms with Crippen molar-refractivity contribution in [3.63, 3.8) is 0 Å². The van der Waals surface area contributed by atoms with Gasteiger partial charge in [-0.25, -0.2) is 0 Å². The molecule has 0 spiro atoms. The van der Waals surface area contributed by atoms with Crippen molar-refractivity contribution < 1.29 is 9.59 Å². The molecule has 26 heavy (non-hydrogen) atoms. The second-order valence-electron chi connectivity index (χ2n) is 6.34. The third-order valence-corrected chi connectivity index (χ3v) is 4.59. The van der Waals surface area contributed by atoms with Gasteiger partial charge in [0.05, 0.1) is 11.5 Å². The standard InChI is InChI=1S/C21H23N3O2/c1-21(16-10-4-2-5-11-16,17-12-6-3-7-13-17)20(26)24-18(19(23)25)14-8-9-15-22/h2-7,10-13,18H,8-9,14H2,1H3,(H2,23,25)(H,24,26)/t18-/m0/s1. The Labute approximate surface area is 153 Å². The van der Waals surface area contributed by atoms with Crippen molar-refractivity contribution in [2.75, 3.05) is 0 Å². The summed E-state index contributed by atoms with van der Waals surface area (Å²) < 4.78 is 0. The molecule has 5 nitrogen and oxygen atoms in total. The first-order valence-electron chi connectivity index (χ1n) is 8.58. The normalized spacial score (nSPS) is 12.0. The van der Waals surface area contributed by atoms with E-state index < -0.39 is 17.4 Å². The Morgan fingerprint density at radius 2 is 1.58 bits per heavy atom. The molecular formula is C21H23N3O2. The van der Waals surface area contributed by atoms with E-state index in [2.05, 4.69) is 5.32 Å². The van der Waals surface area contributed by atoms with E-state index in [4.69, 9.17) is 11.0 Å². The van der Waals surface area contributed by atoms with Gasteiger partial charge in [-0.05, 0) is 30.9 Å². The van der Waals surface area contributed by atoms with Crippen LogP contribution in [-0.4, -0.2) is 17.9 Å². The number of unbranched alkanes of at least 4 members (excludes halogenated alkanes) is 1. The molecule has 0 aromatic heterocycles. The summed E-state index contributed by atoms with van der Waals surface area (Å²) in [5.41, 5.74) is 6.13. The van der Waals surface area contributed by atoms with Crippen LogP contribution in [0.1, 0.15) is 37.3 Å². The summed E-state index contributed by atoms with van der Waals surface area (Å²) in [5.74, 6) is -0.893. The number of amides is 2. The van der Waals surface area contributed by atoms with Crippen LogP contribution in [0.3, 0.4) is 0 Å². The number of nitrogens with one attached hydrogen (secondary N) is 1. The van der Waals surface area contributed by atoms with Crippen LogP contribution < -0.4 is 11.1 Å². The van der Waals surface area contributed by atoms with Gasteiger partial charge in [0.2, 0.25) is 11.8 Å². The van der Waals surface area contributed by atoms with Gasteiger partial charge < -0.3 is 11.1 Å². The molecule has 0 heterocycles. The molecule has 134 valence electrons. The Morgan fingerprint density at radius 1 is 1.08 bits per heavy atom. The van der Waals surface area contributed by atoms with Crippen LogP contribution in [-0.2, 0) is 15.0 Å². The van der Waals surface area contributed by atoms with Crippen molar-refractivity contribution in [3.8, 4) is 6.07 Å². The molecule has 0 radical (unpaired) electrons. The number of carbonyl (C=O) groups is 2. The first-order valence-corrected chi connectivity index (χ1v) is 8.58.